The molecule has 1 aliphatic heterocycles. The van der Waals surface area contributed by atoms with E-state index in [9.17, 15) is 4.79 Å². The molecule has 0 radical (unpaired) electrons. The molecule has 1 fully saturated rings. The zero-order valence-electron chi connectivity index (χ0n) is 10.5. The summed E-state index contributed by atoms with van der Waals surface area (Å²) in [4.78, 5) is 11.9. The van der Waals surface area contributed by atoms with Crippen LogP contribution in [-0.2, 0) is 16.6 Å². The normalized spacial score (nSPS) is 22.6. The number of carbonyl (C=O) groups is 1. The van der Waals surface area contributed by atoms with Crippen LogP contribution in [0.1, 0.15) is 18.5 Å². The molecule has 1 aromatic rings. The summed E-state index contributed by atoms with van der Waals surface area (Å²) in [7, 11) is 1.79. The molecule has 7 heteroatoms. The van der Waals surface area contributed by atoms with Gasteiger partial charge in [0.15, 0.2) is 0 Å². The Morgan fingerprint density at radius 3 is 2.89 bits per heavy atom. The summed E-state index contributed by atoms with van der Waals surface area (Å²) in [6.45, 7) is 2.35. The fourth-order valence-corrected chi connectivity index (χ4v) is 2.01. The van der Waals surface area contributed by atoms with Gasteiger partial charge in [-0.15, -0.1) is 12.4 Å². The van der Waals surface area contributed by atoms with Crippen molar-refractivity contribution < 1.29 is 9.53 Å². The quantitative estimate of drug-likeness (QED) is 0.845. The van der Waals surface area contributed by atoms with Gasteiger partial charge in [-0.05, 0) is 19.8 Å². The lowest BCUT2D eigenvalue weighted by atomic mass is 10.2. The minimum atomic E-state index is -0.390. The number of nitrogens with one attached hydrogen (secondary N) is 1. The Morgan fingerprint density at radius 2 is 2.39 bits per heavy atom. The molecule has 0 aliphatic carbocycles. The van der Waals surface area contributed by atoms with Gasteiger partial charge in [0.1, 0.15) is 11.9 Å². The van der Waals surface area contributed by atoms with Crippen molar-refractivity contribution in [1.82, 2.24) is 9.78 Å². The van der Waals surface area contributed by atoms with E-state index in [1.54, 1.807) is 11.7 Å². The van der Waals surface area contributed by atoms with Gasteiger partial charge in [-0.3, -0.25) is 9.48 Å². The van der Waals surface area contributed by atoms with Gasteiger partial charge in [0.2, 0.25) is 0 Å². The zero-order valence-corrected chi connectivity index (χ0v) is 11.4. The van der Waals surface area contributed by atoms with E-state index in [4.69, 9.17) is 10.5 Å². The third-order valence-electron chi connectivity index (χ3n) is 2.92. The highest BCUT2D eigenvalue weighted by molar-refractivity contribution is 5.93. The van der Waals surface area contributed by atoms with Crippen LogP contribution in [0.5, 0.6) is 0 Å². The van der Waals surface area contributed by atoms with Gasteiger partial charge in [-0.1, -0.05) is 0 Å². The average molecular weight is 275 g/mol. The van der Waals surface area contributed by atoms with E-state index in [2.05, 4.69) is 10.4 Å². The lowest BCUT2D eigenvalue weighted by molar-refractivity contribution is -0.126. The fourth-order valence-electron chi connectivity index (χ4n) is 2.01. The number of hydrogen-bond acceptors (Lipinski definition) is 4. The van der Waals surface area contributed by atoms with Crippen molar-refractivity contribution in [3.8, 4) is 0 Å². The van der Waals surface area contributed by atoms with Crippen LogP contribution in [0.2, 0.25) is 0 Å². The number of halogens is 1. The molecule has 2 atom stereocenters. The number of amides is 1. The first kappa shape index (κ1) is 14.9. The summed E-state index contributed by atoms with van der Waals surface area (Å²) in [5, 5.41) is 6.98. The predicted molar refractivity (Wildman–Crippen MR) is 70.8 cm³/mol. The highest BCUT2D eigenvalue weighted by atomic mass is 35.5. The maximum Gasteiger partial charge on any atom is 0.254 e. The van der Waals surface area contributed by atoms with Crippen molar-refractivity contribution in [1.29, 1.82) is 0 Å². The molecular formula is C11H19ClN4O2. The van der Waals surface area contributed by atoms with E-state index in [0.717, 1.165) is 18.5 Å². The SMILES string of the molecule is Cc1cc(NC(=O)[C@@H]2CC[C@H](CN)O2)n(C)n1.Cl. The second-order valence-corrected chi connectivity index (χ2v) is 4.34. The Hall–Kier alpha value is -1.11. The summed E-state index contributed by atoms with van der Waals surface area (Å²) in [5.74, 6) is 0.566. The van der Waals surface area contributed by atoms with Gasteiger partial charge in [0.25, 0.3) is 5.91 Å². The number of ether oxygens (including phenoxy) is 1. The summed E-state index contributed by atoms with van der Waals surface area (Å²) >= 11 is 0. The van der Waals surface area contributed by atoms with E-state index in [-0.39, 0.29) is 24.4 Å². The molecule has 3 N–H and O–H groups in total. The Balaban J connectivity index is 0.00000162. The average Bonchev–Trinajstić information content (AvgIpc) is 2.86. The van der Waals surface area contributed by atoms with Crippen LogP contribution in [-0.4, -0.2) is 34.4 Å². The molecule has 0 aromatic carbocycles. The van der Waals surface area contributed by atoms with E-state index >= 15 is 0 Å². The fraction of sp³-hybridized carbons (Fsp3) is 0.636. The smallest absolute Gasteiger partial charge is 0.254 e. The maximum atomic E-state index is 11.9. The molecule has 0 saturated carbocycles. The van der Waals surface area contributed by atoms with Crippen LogP contribution in [0.4, 0.5) is 5.82 Å². The summed E-state index contributed by atoms with van der Waals surface area (Å²) in [6.07, 6.45) is 1.20. The molecule has 1 aromatic heterocycles. The van der Waals surface area contributed by atoms with Crippen molar-refractivity contribution in [2.45, 2.75) is 32.0 Å². The van der Waals surface area contributed by atoms with E-state index < -0.39 is 6.10 Å². The molecule has 1 amide bonds. The van der Waals surface area contributed by atoms with Crippen molar-refractivity contribution in [3.63, 3.8) is 0 Å². The van der Waals surface area contributed by atoms with E-state index in [1.165, 1.54) is 0 Å². The van der Waals surface area contributed by atoms with Gasteiger partial charge in [-0.2, -0.15) is 5.10 Å². The van der Waals surface area contributed by atoms with Crippen molar-refractivity contribution in [2.24, 2.45) is 12.8 Å². The van der Waals surface area contributed by atoms with Crippen LogP contribution in [0.25, 0.3) is 0 Å². The summed E-state index contributed by atoms with van der Waals surface area (Å²) in [6, 6.07) is 1.83. The Bertz CT molecular complexity index is 421. The molecule has 1 aliphatic rings. The summed E-state index contributed by atoms with van der Waals surface area (Å²) < 4.78 is 7.17. The molecule has 0 bridgehead atoms. The highest BCUT2D eigenvalue weighted by Gasteiger charge is 2.30. The largest absolute Gasteiger partial charge is 0.364 e. The van der Waals surface area contributed by atoms with Crippen molar-refractivity contribution in [2.75, 3.05) is 11.9 Å². The van der Waals surface area contributed by atoms with Crippen LogP contribution in [0.3, 0.4) is 0 Å². The minimum absolute atomic E-state index is 0. The first-order chi connectivity index (χ1) is 8.10. The second kappa shape index (κ2) is 6.17. The van der Waals surface area contributed by atoms with Gasteiger partial charge >= 0.3 is 0 Å². The van der Waals surface area contributed by atoms with Crippen LogP contribution >= 0.6 is 12.4 Å². The molecule has 0 unspecified atom stereocenters. The third kappa shape index (κ3) is 3.22. The molecule has 1 saturated heterocycles. The monoisotopic (exact) mass is 274 g/mol. The molecule has 18 heavy (non-hydrogen) atoms. The maximum absolute atomic E-state index is 11.9. The number of anilines is 1. The number of nitrogens with two attached hydrogens (primary N) is 1. The number of rotatable bonds is 3. The molecular weight excluding hydrogens is 256 g/mol. The van der Waals surface area contributed by atoms with E-state index in [0.29, 0.717) is 12.4 Å². The van der Waals surface area contributed by atoms with Gasteiger partial charge < -0.3 is 15.8 Å². The van der Waals surface area contributed by atoms with Gasteiger partial charge in [0.05, 0.1) is 11.8 Å². The predicted octanol–water partition coefficient (Wildman–Crippen LogP) is 0.595. The van der Waals surface area contributed by atoms with Crippen molar-refractivity contribution in [3.05, 3.63) is 11.8 Å². The van der Waals surface area contributed by atoms with Crippen LogP contribution in [0.15, 0.2) is 6.07 Å². The molecule has 0 spiro atoms. The number of aromatic nitrogens is 2. The Labute approximate surface area is 112 Å². The Morgan fingerprint density at radius 1 is 1.67 bits per heavy atom. The van der Waals surface area contributed by atoms with Crippen molar-refractivity contribution >= 4 is 24.1 Å². The number of carbonyl (C=O) groups excluding carboxylic acids is 1. The van der Waals surface area contributed by atoms with Gasteiger partial charge in [-0.25, -0.2) is 0 Å². The van der Waals surface area contributed by atoms with Crippen LogP contribution < -0.4 is 11.1 Å². The molecule has 2 rings (SSSR count). The lowest BCUT2D eigenvalue weighted by Crippen LogP contribution is -2.30. The molecule has 2 heterocycles. The van der Waals surface area contributed by atoms with E-state index in [1.807, 2.05) is 13.0 Å². The highest BCUT2D eigenvalue weighted by Crippen LogP contribution is 2.20. The number of nitrogens with zero attached hydrogens (tertiary/aromatic N) is 2. The van der Waals surface area contributed by atoms with Gasteiger partial charge in [0, 0.05) is 19.7 Å². The lowest BCUT2D eigenvalue weighted by Gasteiger charge is -2.12. The molecule has 6 nitrogen and oxygen atoms in total. The Kier molecular flexibility index (Phi) is 5.13. The first-order valence-corrected chi connectivity index (χ1v) is 5.77. The second-order valence-electron chi connectivity index (χ2n) is 4.34. The van der Waals surface area contributed by atoms with Crippen LogP contribution in [0, 0.1) is 6.92 Å². The standard InChI is InChI=1S/C11H18N4O2.ClH/c1-7-5-10(15(2)14-7)13-11(16)9-4-3-8(6-12)17-9;/h5,8-9H,3-4,6,12H2,1-2H3,(H,13,16);1H/t8-,9+;/m1./s1. The molecule has 102 valence electrons. The third-order valence-corrected chi connectivity index (χ3v) is 2.92. The zero-order chi connectivity index (χ0) is 12.4. The topological polar surface area (TPSA) is 82.2 Å². The summed E-state index contributed by atoms with van der Waals surface area (Å²) in [5.41, 5.74) is 6.38. The number of aryl methyl sites for hydroxylation is 2. The minimum Gasteiger partial charge on any atom is -0.364 e. The number of hydrogen-bond donors (Lipinski definition) is 2. The first-order valence-electron chi connectivity index (χ1n) is 5.77.